The van der Waals surface area contributed by atoms with E-state index in [1.54, 1.807) is 0 Å². The molecule has 0 unspecified atom stereocenters. The van der Waals surface area contributed by atoms with Crippen molar-refractivity contribution in [2.24, 2.45) is 0 Å². The molecule has 0 bridgehead atoms. The molecule has 54 valence electrons. The van der Waals surface area contributed by atoms with Gasteiger partial charge in [-0.05, 0) is 0 Å². The molecule has 8 heteroatoms. The Hall–Kier alpha value is 0.766. The third-order valence-corrected chi connectivity index (χ3v) is 4.88. The Morgan fingerprint density at radius 1 is 1.44 bits per heavy atom. The molecule has 0 spiro atoms. The van der Waals surface area contributed by atoms with Gasteiger partial charge in [0.1, 0.15) is 9.76 Å². The van der Waals surface area contributed by atoms with E-state index in [1.807, 2.05) is 6.55 Å². The maximum Gasteiger partial charge on any atom is 0.912 e. The monoisotopic (exact) mass is 184 g/mol. The quantitative estimate of drug-likeness (QED) is 0.284. The fourth-order valence-corrected chi connectivity index (χ4v) is 3.62. The lowest BCUT2D eigenvalue weighted by Gasteiger charge is -2.04. The maximum atomic E-state index is 8.29. The van der Waals surface area contributed by atoms with Crippen LogP contribution in [0.15, 0.2) is 0 Å². The van der Waals surface area contributed by atoms with E-state index in [1.165, 1.54) is 0 Å². The molecule has 0 radical (unpaired) electrons. The van der Waals surface area contributed by atoms with Gasteiger partial charge in [0.2, 0.25) is 0 Å². The Balaban J connectivity index is 3.18. The highest BCUT2D eigenvalue weighted by Gasteiger charge is 2.29. The summed E-state index contributed by atoms with van der Waals surface area (Å²) in [5.41, 5.74) is 0. The van der Waals surface area contributed by atoms with Gasteiger partial charge < -0.3 is 15.7 Å². The first kappa shape index (κ1) is 9.77. The second-order valence-corrected chi connectivity index (χ2v) is 5.44. The summed E-state index contributed by atoms with van der Waals surface area (Å²) in [5.74, 6) is 0. The normalized spacial score (nSPS) is 12.3. The smallest absolute Gasteiger partial charge is 0.502 e. The van der Waals surface area contributed by atoms with E-state index in [-0.39, 0.29) is 0 Å². The Morgan fingerprint density at radius 3 is 2.44 bits per heavy atom. The number of hydrogen-bond acceptors (Lipinski definition) is 5. The van der Waals surface area contributed by atoms with E-state index >= 15 is 0 Å². The van der Waals surface area contributed by atoms with E-state index in [0.717, 1.165) is 0 Å². The lowest BCUT2D eigenvalue weighted by atomic mass is 11.9. The van der Waals surface area contributed by atoms with Crippen LogP contribution >= 0.6 is 0 Å². The maximum absolute atomic E-state index is 8.29. The molecule has 0 aliphatic heterocycles. The molecule has 9 heavy (non-hydrogen) atoms. The first-order valence-electron chi connectivity index (χ1n) is 2.49. The molecule has 5 nitrogen and oxygen atoms in total. The van der Waals surface area contributed by atoms with Crippen LogP contribution in [-0.4, -0.2) is 45.0 Å². The fourth-order valence-electron chi connectivity index (χ4n) is 0.306. The van der Waals surface area contributed by atoms with Gasteiger partial charge in [-0.3, -0.25) is 5.26 Å². The number of rotatable bonds is 5. The molecule has 2 N–H and O–H groups in total. The van der Waals surface area contributed by atoms with Crippen molar-refractivity contribution in [3.8, 4) is 0 Å². The van der Waals surface area contributed by atoms with E-state index in [9.17, 15) is 0 Å². The van der Waals surface area contributed by atoms with Crippen LogP contribution in [0.2, 0.25) is 6.55 Å². The zero-order valence-corrected chi connectivity index (χ0v) is 9.09. The minimum atomic E-state index is -2.28. The molecule has 0 aromatic heterocycles. The summed E-state index contributed by atoms with van der Waals surface area (Å²) < 4.78 is 13.3. The Kier molecular flexibility index (Phi) is 7.47. The molecule has 0 saturated carbocycles. The van der Waals surface area contributed by atoms with Crippen molar-refractivity contribution in [2.45, 2.75) is 6.55 Å². The lowest BCUT2D eigenvalue weighted by molar-refractivity contribution is -0.169. The summed E-state index contributed by atoms with van der Waals surface area (Å²) in [5, 5.41) is 8.03. The van der Waals surface area contributed by atoms with Crippen molar-refractivity contribution < 1.29 is 20.9 Å². The van der Waals surface area contributed by atoms with Crippen molar-refractivity contribution in [3.63, 3.8) is 0 Å². The summed E-state index contributed by atoms with van der Waals surface area (Å²) in [4.78, 5) is 8.29. The van der Waals surface area contributed by atoms with Gasteiger partial charge in [0.15, 0.2) is 0 Å². The van der Waals surface area contributed by atoms with Gasteiger partial charge in [0.05, 0.1) is 0 Å². The van der Waals surface area contributed by atoms with E-state index in [2.05, 4.69) is 7.42 Å². The summed E-state index contributed by atoms with van der Waals surface area (Å²) in [7, 11) is -2.09. The number of hydrogen-bond donors (Lipinski definition) is 2. The van der Waals surface area contributed by atoms with Crippen LogP contribution < -0.4 is 0 Å². The third-order valence-electron chi connectivity index (χ3n) is 0.599. The molecule has 0 aliphatic rings. The highest BCUT2D eigenvalue weighted by molar-refractivity contribution is 6.51. The first-order chi connectivity index (χ1) is 4.35. The Morgan fingerprint density at radius 2 is 2.11 bits per heavy atom. The molecule has 0 aromatic carbocycles. The van der Waals surface area contributed by atoms with Gasteiger partial charge in [-0.25, -0.2) is 0 Å². The average Bonchev–Trinajstić information content (AvgIpc) is 1.88. The van der Waals surface area contributed by atoms with Crippen molar-refractivity contribution in [1.29, 1.82) is 0 Å². The van der Waals surface area contributed by atoms with Gasteiger partial charge in [-0.15, -0.1) is 0 Å². The second-order valence-electron chi connectivity index (χ2n) is 1.15. The van der Waals surface area contributed by atoms with Crippen molar-refractivity contribution in [3.05, 3.63) is 0 Å². The summed E-state index contributed by atoms with van der Waals surface area (Å²) in [6.45, 7) is 1.89. The third kappa shape index (κ3) is 5.22. The van der Waals surface area contributed by atoms with Crippen LogP contribution in [0.1, 0.15) is 0 Å². The second kappa shape index (κ2) is 6.88. The molecular weight excluding hydrogens is 175 g/mol. The largest absolute Gasteiger partial charge is 0.912 e. The van der Waals surface area contributed by atoms with E-state index < -0.39 is 34.9 Å². The van der Waals surface area contributed by atoms with Crippen LogP contribution in [-0.2, 0) is 10.9 Å². The Labute approximate surface area is 62.9 Å². The highest BCUT2D eigenvalue weighted by Crippen LogP contribution is 1.84. The lowest BCUT2D eigenvalue weighted by Crippen LogP contribution is -2.28. The topological polar surface area (TPSA) is 68.2 Å². The average molecular weight is 184 g/mol. The summed E-state index contributed by atoms with van der Waals surface area (Å²) in [6, 6.07) is 0. The first-order valence-corrected chi connectivity index (χ1v) is 7.11. The van der Waals surface area contributed by atoms with Crippen LogP contribution in [0, 0.1) is 0 Å². The molecule has 0 saturated heterocycles. The Bertz CT molecular complexity index is 56.9. The minimum Gasteiger partial charge on any atom is -0.502 e. The van der Waals surface area contributed by atoms with Crippen LogP contribution in [0.25, 0.3) is 0 Å². The van der Waals surface area contributed by atoms with Crippen molar-refractivity contribution >= 4 is 34.9 Å². The standard InChI is InChI=1S/CH5OSi.Al.H3O2Si.H2O2/c1-3-2;;1-3-2;1-2/h3H2,1H3;;1H,3H2;1-2H/q-1;+3;-1;/p-1. The zero-order chi connectivity index (χ0) is 7.11. The van der Waals surface area contributed by atoms with Crippen LogP contribution in [0.4, 0.5) is 0 Å². The summed E-state index contributed by atoms with van der Waals surface area (Å²) in [6.07, 6.45) is 0. The molecule has 0 amide bonds. The molecule has 0 rings (SSSR count). The van der Waals surface area contributed by atoms with Crippen LogP contribution in [0.5, 0.6) is 0 Å². The minimum absolute atomic E-state index is 0.602. The molecule has 0 heterocycles. The van der Waals surface area contributed by atoms with Crippen molar-refractivity contribution in [2.75, 3.05) is 0 Å². The molecule has 0 fully saturated rings. The van der Waals surface area contributed by atoms with Crippen molar-refractivity contribution in [1.82, 2.24) is 0 Å². The highest BCUT2D eigenvalue weighted by atomic mass is 28.3. The summed E-state index contributed by atoms with van der Waals surface area (Å²) >= 11 is -2.28. The van der Waals surface area contributed by atoms with Gasteiger partial charge in [-0.1, -0.05) is 6.55 Å². The molecule has 0 aromatic rings. The van der Waals surface area contributed by atoms with Gasteiger partial charge in [-0.2, -0.15) is 0 Å². The van der Waals surface area contributed by atoms with Gasteiger partial charge in [0, 0.05) is 0 Å². The van der Waals surface area contributed by atoms with Crippen LogP contribution in [0.3, 0.4) is 0 Å². The fraction of sp³-hybridized carbons (Fsp3) is 1.00. The molecular formula is CH9AlO5Si2. The predicted octanol–water partition coefficient (Wildman–Crippen LogP) is -2.38. The SMILES string of the molecule is C[SiH2][O][Al]([O]O)[O][SiH2]O. The van der Waals surface area contributed by atoms with E-state index in [4.69, 9.17) is 13.5 Å². The van der Waals surface area contributed by atoms with Gasteiger partial charge >= 0.3 is 15.1 Å². The van der Waals surface area contributed by atoms with Gasteiger partial charge in [0.25, 0.3) is 10.0 Å². The van der Waals surface area contributed by atoms with E-state index in [0.29, 0.717) is 0 Å². The zero-order valence-electron chi connectivity index (χ0n) is 5.11. The predicted molar refractivity (Wildman–Crippen MR) is 36.8 cm³/mol. The molecule has 0 atom stereocenters. The molecule has 0 aliphatic carbocycles.